The lowest BCUT2D eigenvalue weighted by Gasteiger charge is -2.26. The smallest absolute Gasteiger partial charge is 0.335 e. The zero-order valence-electron chi connectivity index (χ0n) is 16.5. The first-order valence-corrected chi connectivity index (χ1v) is 9.98. The summed E-state index contributed by atoms with van der Waals surface area (Å²) in [6.07, 6.45) is 2.89. The van der Waals surface area contributed by atoms with E-state index in [1.165, 1.54) is 24.3 Å². The molecule has 31 heavy (non-hydrogen) atoms. The molecular weight excluding hydrogens is 443 g/mol. The van der Waals surface area contributed by atoms with Crippen LogP contribution in [0.5, 0.6) is 11.5 Å². The van der Waals surface area contributed by atoms with E-state index in [2.05, 4.69) is 11.9 Å². The number of urea groups is 1. The number of nitrogens with zero attached hydrogens (tertiary/aromatic N) is 1. The number of carbonyl (C=O) groups is 3. The van der Waals surface area contributed by atoms with Crippen molar-refractivity contribution in [3.63, 3.8) is 0 Å². The van der Waals surface area contributed by atoms with Crippen molar-refractivity contribution < 1.29 is 23.9 Å². The fourth-order valence-electron chi connectivity index (χ4n) is 2.89. The van der Waals surface area contributed by atoms with Crippen LogP contribution in [0.4, 0.5) is 10.5 Å². The molecule has 0 aromatic heterocycles. The number of barbiturate groups is 1. The summed E-state index contributed by atoms with van der Waals surface area (Å²) >= 11 is 12.3. The van der Waals surface area contributed by atoms with Gasteiger partial charge >= 0.3 is 6.03 Å². The van der Waals surface area contributed by atoms with E-state index >= 15 is 0 Å². The van der Waals surface area contributed by atoms with Crippen LogP contribution in [0.1, 0.15) is 12.5 Å². The summed E-state index contributed by atoms with van der Waals surface area (Å²) < 4.78 is 11.1. The Balaban J connectivity index is 2.03. The van der Waals surface area contributed by atoms with Crippen molar-refractivity contribution in [2.24, 2.45) is 0 Å². The lowest BCUT2D eigenvalue weighted by Crippen LogP contribution is -2.54. The topological polar surface area (TPSA) is 84.9 Å². The summed E-state index contributed by atoms with van der Waals surface area (Å²) in [7, 11) is 0. The largest absolute Gasteiger partial charge is 0.490 e. The lowest BCUT2D eigenvalue weighted by atomic mass is 10.1. The fraction of sp³-hybridized carbons (Fsp3) is 0.136. The summed E-state index contributed by atoms with van der Waals surface area (Å²) in [5, 5.41) is 2.72. The summed E-state index contributed by atoms with van der Waals surface area (Å²) in [4.78, 5) is 38.5. The number of hydrogen-bond acceptors (Lipinski definition) is 5. The van der Waals surface area contributed by atoms with Crippen molar-refractivity contribution >= 4 is 52.8 Å². The predicted molar refractivity (Wildman–Crippen MR) is 119 cm³/mol. The molecule has 1 N–H and O–H groups in total. The molecule has 4 amide bonds. The lowest BCUT2D eigenvalue weighted by molar-refractivity contribution is -0.122. The molecule has 0 radical (unpaired) electrons. The molecule has 0 aliphatic carbocycles. The minimum atomic E-state index is -0.865. The minimum absolute atomic E-state index is 0.220. The molecule has 2 aromatic rings. The Morgan fingerprint density at radius 2 is 1.90 bits per heavy atom. The van der Waals surface area contributed by atoms with Crippen LogP contribution in [0.25, 0.3) is 6.08 Å². The minimum Gasteiger partial charge on any atom is -0.490 e. The van der Waals surface area contributed by atoms with E-state index in [1.54, 1.807) is 31.2 Å². The molecule has 1 saturated heterocycles. The Bertz CT molecular complexity index is 1100. The second-order valence-electron chi connectivity index (χ2n) is 6.30. The van der Waals surface area contributed by atoms with E-state index in [4.69, 9.17) is 32.7 Å². The molecule has 9 heteroatoms. The summed E-state index contributed by atoms with van der Waals surface area (Å²) in [5.74, 6) is -0.956. The van der Waals surface area contributed by atoms with Gasteiger partial charge < -0.3 is 9.47 Å². The fourth-order valence-corrected chi connectivity index (χ4v) is 3.35. The van der Waals surface area contributed by atoms with Gasteiger partial charge in [0, 0.05) is 5.02 Å². The van der Waals surface area contributed by atoms with Gasteiger partial charge in [0.15, 0.2) is 11.5 Å². The Labute approximate surface area is 188 Å². The highest BCUT2D eigenvalue weighted by Gasteiger charge is 2.37. The van der Waals surface area contributed by atoms with Crippen molar-refractivity contribution in [1.29, 1.82) is 0 Å². The summed E-state index contributed by atoms with van der Waals surface area (Å²) in [6, 6.07) is 8.42. The summed E-state index contributed by atoms with van der Waals surface area (Å²) in [5.41, 5.74) is 0.394. The SMILES string of the molecule is C=CCOc1c(Cl)cc(/C=C2\C(=O)NC(=O)N(c3cccc(Cl)c3)C2=O)cc1OCC. The first-order valence-electron chi connectivity index (χ1n) is 9.22. The molecule has 0 saturated carbocycles. The number of benzene rings is 2. The molecule has 3 rings (SSSR count). The molecular formula is C22H18Cl2N2O5. The Morgan fingerprint density at radius 1 is 1.13 bits per heavy atom. The van der Waals surface area contributed by atoms with Crippen LogP contribution in [0.15, 0.2) is 54.6 Å². The van der Waals surface area contributed by atoms with Gasteiger partial charge in [-0.2, -0.15) is 0 Å². The number of imide groups is 2. The highest BCUT2D eigenvalue weighted by Crippen LogP contribution is 2.37. The summed E-state index contributed by atoms with van der Waals surface area (Å²) in [6.45, 7) is 5.95. The molecule has 2 aromatic carbocycles. The van der Waals surface area contributed by atoms with Gasteiger partial charge in [-0.3, -0.25) is 14.9 Å². The average molecular weight is 461 g/mol. The van der Waals surface area contributed by atoms with Gasteiger partial charge in [0.25, 0.3) is 11.8 Å². The van der Waals surface area contributed by atoms with E-state index in [0.717, 1.165) is 4.90 Å². The Kier molecular flexibility index (Phi) is 6.99. The van der Waals surface area contributed by atoms with E-state index < -0.39 is 17.8 Å². The van der Waals surface area contributed by atoms with Crippen LogP contribution in [0, 0.1) is 0 Å². The molecule has 1 heterocycles. The molecule has 7 nitrogen and oxygen atoms in total. The predicted octanol–water partition coefficient (Wildman–Crippen LogP) is 4.62. The van der Waals surface area contributed by atoms with Crippen LogP contribution in [-0.2, 0) is 9.59 Å². The highest BCUT2D eigenvalue weighted by molar-refractivity contribution is 6.39. The molecule has 0 unspecified atom stereocenters. The van der Waals surface area contributed by atoms with E-state index in [9.17, 15) is 14.4 Å². The van der Waals surface area contributed by atoms with Gasteiger partial charge in [-0.25, -0.2) is 9.69 Å². The second-order valence-corrected chi connectivity index (χ2v) is 7.14. The maximum Gasteiger partial charge on any atom is 0.335 e. The van der Waals surface area contributed by atoms with Gasteiger partial charge in [0.05, 0.1) is 17.3 Å². The van der Waals surface area contributed by atoms with Crippen LogP contribution < -0.4 is 19.7 Å². The molecule has 0 atom stereocenters. The van der Waals surface area contributed by atoms with Gasteiger partial charge in [0.1, 0.15) is 12.2 Å². The number of rotatable bonds is 7. The van der Waals surface area contributed by atoms with Gasteiger partial charge in [-0.15, -0.1) is 0 Å². The van der Waals surface area contributed by atoms with Crippen LogP contribution >= 0.6 is 23.2 Å². The Morgan fingerprint density at radius 3 is 2.58 bits per heavy atom. The zero-order valence-corrected chi connectivity index (χ0v) is 18.0. The zero-order chi connectivity index (χ0) is 22.5. The number of amides is 4. The number of anilines is 1. The first-order chi connectivity index (χ1) is 14.8. The highest BCUT2D eigenvalue weighted by atomic mass is 35.5. The number of hydrogen-bond donors (Lipinski definition) is 1. The third-order valence-electron chi connectivity index (χ3n) is 4.16. The third kappa shape index (κ3) is 4.90. The number of carbonyl (C=O) groups excluding carboxylic acids is 3. The molecule has 0 bridgehead atoms. The van der Waals surface area contributed by atoms with E-state index in [-0.39, 0.29) is 22.9 Å². The maximum atomic E-state index is 13.0. The van der Waals surface area contributed by atoms with Crippen molar-refractivity contribution in [2.75, 3.05) is 18.1 Å². The second kappa shape index (κ2) is 9.68. The standard InChI is InChI=1S/C22H18Cl2N2O5/c1-3-8-31-19-17(24)10-13(11-18(19)30-4-2)9-16-20(27)25-22(29)26(21(16)28)15-7-5-6-14(23)12-15/h3,5-7,9-12H,1,4,8H2,2H3,(H,25,27,29)/b16-9+. The monoisotopic (exact) mass is 460 g/mol. The Hall–Kier alpha value is -3.29. The molecule has 1 aliphatic heterocycles. The molecule has 1 fully saturated rings. The van der Waals surface area contributed by atoms with Crippen molar-refractivity contribution in [3.05, 3.63) is 70.2 Å². The van der Waals surface area contributed by atoms with Gasteiger partial charge in [-0.05, 0) is 48.9 Å². The van der Waals surface area contributed by atoms with Crippen LogP contribution in [0.2, 0.25) is 10.0 Å². The number of ether oxygens (including phenoxy) is 2. The van der Waals surface area contributed by atoms with Crippen LogP contribution in [-0.4, -0.2) is 31.1 Å². The maximum absolute atomic E-state index is 13.0. The average Bonchev–Trinajstić information content (AvgIpc) is 2.71. The van der Waals surface area contributed by atoms with Crippen molar-refractivity contribution in [3.8, 4) is 11.5 Å². The van der Waals surface area contributed by atoms with Crippen molar-refractivity contribution in [2.45, 2.75) is 6.92 Å². The number of nitrogens with one attached hydrogen (secondary N) is 1. The van der Waals surface area contributed by atoms with Crippen LogP contribution in [0.3, 0.4) is 0 Å². The number of halogens is 2. The van der Waals surface area contributed by atoms with E-state index in [0.29, 0.717) is 28.7 Å². The quantitative estimate of drug-likeness (QED) is 0.370. The van der Waals surface area contributed by atoms with Gasteiger partial charge in [0.2, 0.25) is 0 Å². The third-order valence-corrected chi connectivity index (χ3v) is 4.67. The first kappa shape index (κ1) is 22.4. The van der Waals surface area contributed by atoms with E-state index in [1.807, 2.05) is 0 Å². The molecule has 160 valence electrons. The molecule has 1 aliphatic rings. The molecule has 0 spiro atoms. The van der Waals surface area contributed by atoms with Gasteiger partial charge in [-0.1, -0.05) is 41.9 Å². The normalized spacial score (nSPS) is 15.1. The van der Waals surface area contributed by atoms with Crippen molar-refractivity contribution in [1.82, 2.24) is 5.32 Å².